The first kappa shape index (κ1) is 13.4. The molecule has 19 heavy (non-hydrogen) atoms. The van der Waals surface area contributed by atoms with Gasteiger partial charge in [0.25, 0.3) is 5.91 Å². The number of nitrogens with zero attached hydrogens (tertiary/aromatic N) is 2. The Balaban J connectivity index is 2.16. The van der Waals surface area contributed by atoms with Crippen LogP contribution in [0.15, 0.2) is 0 Å². The Kier molecular flexibility index (Phi) is 3.46. The van der Waals surface area contributed by atoms with Crippen molar-refractivity contribution in [3.8, 4) is 0 Å². The molecule has 1 aliphatic rings. The molecule has 1 saturated carbocycles. The molecule has 0 bridgehead atoms. The average Bonchev–Trinajstić information content (AvgIpc) is 2.85. The van der Waals surface area contributed by atoms with E-state index < -0.39 is 11.9 Å². The van der Waals surface area contributed by atoms with E-state index in [0.29, 0.717) is 29.9 Å². The number of carboxylic acid groups (broad SMARTS) is 1. The van der Waals surface area contributed by atoms with Gasteiger partial charge in [0.1, 0.15) is 11.4 Å². The summed E-state index contributed by atoms with van der Waals surface area (Å²) in [6.45, 7) is 1.72. The number of anilines is 1. The molecule has 1 heterocycles. The van der Waals surface area contributed by atoms with Gasteiger partial charge in [-0.25, -0.2) is 0 Å². The zero-order valence-corrected chi connectivity index (χ0v) is 11.0. The third kappa shape index (κ3) is 2.54. The fourth-order valence-electron chi connectivity index (χ4n) is 2.65. The SMILES string of the molecule is Cc1nn(C)c(N[C@H]2CC[C@@H](C(=O)O)C2)c1C(N)=O. The number of aliphatic carboxylic acids is 1. The van der Waals surface area contributed by atoms with Crippen LogP contribution in [0.2, 0.25) is 0 Å². The van der Waals surface area contributed by atoms with Gasteiger partial charge in [-0.3, -0.25) is 14.3 Å². The van der Waals surface area contributed by atoms with Crippen molar-refractivity contribution >= 4 is 17.7 Å². The summed E-state index contributed by atoms with van der Waals surface area (Å²) in [5.41, 5.74) is 6.30. The van der Waals surface area contributed by atoms with Crippen LogP contribution in [0.4, 0.5) is 5.82 Å². The molecular weight excluding hydrogens is 248 g/mol. The largest absolute Gasteiger partial charge is 0.481 e. The molecule has 0 aromatic carbocycles. The van der Waals surface area contributed by atoms with E-state index in [4.69, 9.17) is 10.8 Å². The standard InChI is InChI=1S/C12H18N4O3/c1-6-9(10(13)17)11(16(2)15-6)14-8-4-3-7(5-8)12(18)19/h7-8,14H,3-5H2,1-2H3,(H2,13,17)(H,18,19)/t7-,8+/m1/s1. The van der Waals surface area contributed by atoms with E-state index in [1.165, 1.54) is 0 Å². The summed E-state index contributed by atoms with van der Waals surface area (Å²) in [5, 5.41) is 16.3. The van der Waals surface area contributed by atoms with E-state index in [0.717, 1.165) is 6.42 Å². The van der Waals surface area contributed by atoms with E-state index in [1.54, 1.807) is 18.7 Å². The van der Waals surface area contributed by atoms with E-state index >= 15 is 0 Å². The predicted octanol–water partition coefficient (Wildman–Crippen LogP) is 0.493. The van der Waals surface area contributed by atoms with Crippen molar-refractivity contribution in [3.05, 3.63) is 11.3 Å². The molecule has 4 N–H and O–H groups in total. The summed E-state index contributed by atoms with van der Waals surface area (Å²) < 4.78 is 1.57. The molecule has 1 aliphatic carbocycles. The number of amides is 1. The number of carbonyl (C=O) groups is 2. The van der Waals surface area contributed by atoms with Crippen molar-refractivity contribution in [1.29, 1.82) is 0 Å². The summed E-state index contributed by atoms with van der Waals surface area (Å²) in [5.74, 6) is -1.04. The van der Waals surface area contributed by atoms with Gasteiger partial charge < -0.3 is 16.2 Å². The number of aromatic nitrogens is 2. The maximum atomic E-state index is 11.4. The van der Waals surface area contributed by atoms with E-state index in [1.807, 2.05) is 0 Å². The minimum absolute atomic E-state index is 0.0361. The van der Waals surface area contributed by atoms with Crippen LogP contribution < -0.4 is 11.1 Å². The number of primary amides is 1. The second-order valence-corrected chi connectivity index (χ2v) is 4.99. The Morgan fingerprint density at radius 1 is 1.47 bits per heavy atom. The highest BCUT2D eigenvalue weighted by Crippen LogP contribution is 2.29. The lowest BCUT2D eigenvalue weighted by Gasteiger charge is -2.15. The number of nitrogens with two attached hydrogens (primary N) is 1. The van der Waals surface area contributed by atoms with Gasteiger partial charge in [0, 0.05) is 13.1 Å². The van der Waals surface area contributed by atoms with Crippen LogP contribution in [0.3, 0.4) is 0 Å². The van der Waals surface area contributed by atoms with Crippen molar-refractivity contribution in [1.82, 2.24) is 9.78 Å². The lowest BCUT2D eigenvalue weighted by molar-refractivity contribution is -0.141. The lowest BCUT2D eigenvalue weighted by atomic mass is 10.1. The van der Waals surface area contributed by atoms with Crippen LogP contribution >= 0.6 is 0 Å². The number of rotatable bonds is 4. The number of carboxylic acids is 1. The topological polar surface area (TPSA) is 110 Å². The van der Waals surface area contributed by atoms with Crippen molar-refractivity contribution in [2.45, 2.75) is 32.2 Å². The minimum Gasteiger partial charge on any atom is -0.481 e. The van der Waals surface area contributed by atoms with Gasteiger partial charge in [-0.15, -0.1) is 0 Å². The third-order valence-electron chi connectivity index (χ3n) is 3.59. The maximum Gasteiger partial charge on any atom is 0.306 e. The van der Waals surface area contributed by atoms with Gasteiger partial charge in [-0.2, -0.15) is 5.10 Å². The van der Waals surface area contributed by atoms with Crippen LogP contribution in [0.1, 0.15) is 35.3 Å². The molecule has 2 rings (SSSR count). The van der Waals surface area contributed by atoms with Crippen molar-refractivity contribution in [2.75, 3.05) is 5.32 Å². The summed E-state index contributed by atoms with van der Waals surface area (Å²) >= 11 is 0. The van der Waals surface area contributed by atoms with E-state index in [-0.39, 0.29) is 12.0 Å². The van der Waals surface area contributed by atoms with E-state index in [2.05, 4.69) is 10.4 Å². The Bertz CT molecular complexity index is 523. The van der Waals surface area contributed by atoms with Crippen LogP contribution in [0, 0.1) is 12.8 Å². The van der Waals surface area contributed by atoms with Gasteiger partial charge in [0.05, 0.1) is 11.6 Å². The van der Waals surface area contributed by atoms with Crippen LogP contribution in [0.25, 0.3) is 0 Å². The number of carbonyl (C=O) groups excluding carboxylic acids is 1. The Morgan fingerprint density at radius 3 is 2.68 bits per heavy atom. The van der Waals surface area contributed by atoms with Crippen molar-refractivity contribution in [3.63, 3.8) is 0 Å². The second-order valence-electron chi connectivity index (χ2n) is 4.99. The minimum atomic E-state index is -0.763. The zero-order chi connectivity index (χ0) is 14.2. The Hall–Kier alpha value is -2.05. The van der Waals surface area contributed by atoms with Crippen LogP contribution in [-0.2, 0) is 11.8 Å². The molecule has 1 fully saturated rings. The van der Waals surface area contributed by atoms with E-state index in [9.17, 15) is 9.59 Å². The molecule has 0 radical (unpaired) electrons. The summed E-state index contributed by atoms with van der Waals surface area (Å²) in [6.07, 6.45) is 1.97. The first-order valence-electron chi connectivity index (χ1n) is 6.23. The maximum absolute atomic E-state index is 11.4. The molecule has 7 nitrogen and oxygen atoms in total. The quantitative estimate of drug-likeness (QED) is 0.734. The number of aryl methyl sites for hydroxylation is 2. The van der Waals surface area contributed by atoms with Crippen molar-refractivity contribution < 1.29 is 14.7 Å². The fraction of sp³-hybridized carbons (Fsp3) is 0.583. The molecule has 0 saturated heterocycles. The monoisotopic (exact) mass is 266 g/mol. The smallest absolute Gasteiger partial charge is 0.306 e. The highest BCUT2D eigenvalue weighted by molar-refractivity contribution is 5.99. The lowest BCUT2D eigenvalue weighted by Crippen LogP contribution is -2.22. The molecular formula is C12H18N4O3. The summed E-state index contributed by atoms with van der Waals surface area (Å²) in [6, 6.07) is 0.0361. The second kappa shape index (κ2) is 4.91. The number of hydrogen-bond acceptors (Lipinski definition) is 4. The van der Waals surface area contributed by atoms with Crippen LogP contribution in [-0.4, -0.2) is 32.8 Å². The van der Waals surface area contributed by atoms with Gasteiger partial charge in [-0.1, -0.05) is 0 Å². The number of hydrogen-bond donors (Lipinski definition) is 3. The van der Waals surface area contributed by atoms with Gasteiger partial charge in [0.2, 0.25) is 0 Å². The van der Waals surface area contributed by atoms with Crippen LogP contribution in [0.5, 0.6) is 0 Å². The zero-order valence-electron chi connectivity index (χ0n) is 11.0. The summed E-state index contributed by atoms with van der Waals surface area (Å²) in [4.78, 5) is 22.4. The van der Waals surface area contributed by atoms with Crippen molar-refractivity contribution in [2.24, 2.45) is 18.7 Å². The Morgan fingerprint density at radius 2 is 2.16 bits per heavy atom. The molecule has 2 atom stereocenters. The van der Waals surface area contributed by atoms with Gasteiger partial charge in [-0.05, 0) is 26.2 Å². The normalized spacial score (nSPS) is 22.4. The average molecular weight is 266 g/mol. The molecule has 7 heteroatoms. The molecule has 1 aromatic rings. The molecule has 0 spiro atoms. The van der Waals surface area contributed by atoms with Gasteiger partial charge in [0.15, 0.2) is 0 Å². The molecule has 1 aromatic heterocycles. The molecule has 1 amide bonds. The summed E-state index contributed by atoms with van der Waals surface area (Å²) in [7, 11) is 1.73. The predicted molar refractivity (Wildman–Crippen MR) is 68.9 cm³/mol. The molecule has 0 aliphatic heterocycles. The highest BCUT2D eigenvalue weighted by Gasteiger charge is 2.31. The first-order valence-corrected chi connectivity index (χ1v) is 6.23. The molecule has 0 unspecified atom stereocenters. The highest BCUT2D eigenvalue weighted by atomic mass is 16.4. The Labute approximate surface area is 110 Å². The third-order valence-corrected chi connectivity index (χ3v) is 3.59. The fourth-order valence-corrected chi connectivity index (χ4v) is 2.65. The number of nitrogens with one attached hydrogen (secondary N) is 1. The first-order chi connectivity index (χ1) is 8.90. The van der Waals surface area contributed by atoms with Gasteiger partial charge >= 0.3 is 5.97 Å². The molecule has 104 valence electrons.